The summed E-state index contributed by atoms with van der Waals surface area (Å²) in [5, 5.41) is 9.77. The average Bonchev–Trinajstić information content (AvgIpc) is 3.16. The summed E-state index contributed by atoms with van der Waals surface area (Å²) in [6.07, 6.45) is 9.25. The number of sulfone groups is 1. The molecule has 1 fully saturated rings. The summed E-state index contributed by atoms with van der Waals surface area (Å²) in [5.74, 6) is 2.85. The number of fused-ring (bicyclic) bond motifs is 2. The number of nitrogens with zero attached hydrogens (tertiary/aromatic N) is 6. The highest BCUT2D eigenvalue weighted by Crippen LogP contribution is 2.37. The third-order valence-electron chi connectivity index (χ3n) is 5.97. The lowest BCUT2D eigenvalue weighted by molar-refractivity contribution is 0.421. The van der Waals surface area contributed by atoms with Gasteiger partial charge in [0.1, 0.15) is 18.0 Å². The monoisotopic (exact) mass is 412 g/mol. The number of piperidine rings is 1. The van der Waals surface area contributed by atoms with Crippen LogP contribution in [0, 0.1) is 0 Å². The zero-order valence-electron chi connectivity index (χ0n) is 16.5. The fourth-order valence-corrected chi connectivity index (χ4v) is 5.16. The van der Waals surface area contributed by atoms with Gasteiger partial charge in [0.05, 0.1) is 16.5 Å². The predicted octanol–water partition coefficient (Wildman–Crippen LogP) is 2.69. The van der Waals surface area contributed by atoms with Gasteiger partial charge in [-0.05, 0) is 50.3 Å². The van der Waals surface area contributed by atoms with Crippen LogP contribution in [0.4, 0.5) is 5.82 Å². The van der Waals surface area contributed by atoms with Crippen LogP contribution in [0.3, 0.4) is 0 Å². The molecule has 0 amide bonds. The molecule has 8 nitrogen and oxygen atoms in total. The van der Waals surface area contributed by atoms with E-state index in [9.17, 15) is 8.42 Å². The van der Waals surface area contributed by atoms with Gasteiger partial charge < -0.3 is 9.47 Å². The zero-order chi connectivity index (χ0) is 20.0. The van der Waals surface area contributed by atoms with Crippen LogP contribution in [-0.2, 0) is 22.8 Å². The average molecular weight is 413 g/mol. The number of anilines is 1. The topological polar surface area (TPSA) is 93.9 Å². The van der Waals surface area contributed by atoms with Gasteiger partial charge in [0, 0.05) is 31.2 Å². The first-order valence-electron chi connectivity index (χ1n) is 10.2. The van der Waals surface area contributed by atoms with E-state index in [1.54, 1.807) is 24.5 Å². The van der Waals surface area contributed by atoms with Gasteiger partial charge in [0.25, 0.3) is 0 Å². The molecule has 0 aliphatic carbocycles. The molecular weight excluding hydrogens is 388 g/mol. The highest BCUT2D eigenvalue weighted by molar-refractivity contribution is 7.90. The largest absolute Gasteiger partial charge is 0.346 e. The van der Waals surface area contributed by atoms with Gasteiger partial charge in [-0.1, -0.05) is 0 Å². The molecule has 1 aromatic carbocycles. The molecule has 2 aromatic heterocycles. The summed E-state index contributed by atoms with van der Waals surface area (Å²) in [6.45, 7) is 1.81. The normalized spacial score (nSPS) is 20.0. The molecule has 2 aliphatic heterocycles. The number of rotatable bonds is 3. The van der Waals surface area contributed by atoms with Gasteiger partial charge in [-0.15, -0.1) is 10.2 Å². The van der Waals surface area contributed by atoms with E-state index < -0.39 is 9.84 Å². The van der Waals surface area contributed by atoms with Crippen molar-refractivity contribution in [2.45, 2.75) is 56.0 Å². The van der Waals surface area contributed by atoms with E-state index in [-0.39, 0.29) is 10.9 Å². The molecule has 0 spiro atoms. The lowest BCUT2D eigenvalue weighted by atomic mass is 10.00. The number of hydrogen-bond donors (Lipinski definition) is 0. The summed E-state index contributed by atoms with van der Waals surface area (Å²) in [7, 11) is -3.31. The van der Waals surface area contributed by atoms with Gasteiger partial charge in [-0.2, -0.15) is 0 Å². The van der Waals surface area contributed by atoms with Crippen molar-refractivity contribution in [3.05, 3.63) is 36.2 Å². The highest BCUT2D eigenvalue weighted by Gasteiger charge is 2.32. The Kier molecular flexibility index (Phi) is 4.49. The Morgan fingerprint density at radius 3 is 2.76 bits per heavy atom. The van der Waals surface area contributed by atoms with Crippen LogP contribution < -0.4 is 4.90 Å². The summed E-state index contributed by atoms with van der Waals surface area (Å²) in [4.78, 5) is 11.5. The van der Waals surface area contributed by atoms with Gasteiger partial charge in [-0.3, -0.25) is 0 Å². The van der Waals surface area contributed by atoms with Crippen molar-refractivity contribution in [1.82, 2.24) is 24.7 Å². The standard InChI is InChI=1S/C20H24N6O2S/c1-29(27,28)14-8-9-16-15(12-14)19(22-13-21-16)25-10-4-2-6-17(25)20-24-23-18-7-3-5-11-26(18)20/h8-9,12-13,17H,2-7,10-11H2,1H3. The second-order valence-corrected chi connectivity index (χ2v) is 9.95. The first kappa shape index (κ1) is 18.5. The molecular formula is C20H24N6O2S. The smallest absolute Gasteiger partial charge is 0.175 e. The third kappa shape index (κ3) is 3.27. The van der Waals surface area contributed by atoms with Crippen molar-refractivity contribution >= 4 is 26.6 Å². The molecule has 5 rings (SSSR count). The van der Waals surface area contributed by atoms with Crippen LogP contribution in [0.2, 0.25) is 0 Å². The second-order valence-electron chi connectivity index (χ2n) is 7.94. The van der Waals surface area contributed by atoms with Crippen molar-refractivity contribution in [3.63, 3.8) is 0 Å². The lowest BCUT2D eigenvalue weighted by Gasteiger charge is -2.37. The van der Waals surface area contributed by atoms with Gasteiger partial charge >= 0.3 is 0 Å². The van der Waals surface area contributed by atoms with Crippen molar-refractivity contribution in [1.29, 1.82) is 0 Å². The fraction of sp³-hybridized carbons (Fsp3) is 0.500. The maximum atomic E-state index is 12.1. The molecule has 4 heterocycles. The first-order chi connectivity index (χ1) is 14.0. The number of benzene rings is 1. The maximum Gasteiger partial charge on any atom is 0.175 e. The SMILES string of the molecule is CS(=O)(=O)c1ccc2ncnc(N3CCCCC3c3nnc4n3CCCC4)c2c1. The minimum absolute atomic E-state index is 0.0862. The van der Waals surface area contributed by atoms with E-state index in [1.807, 2.05) is 0 Å². The van der Waals surface area contributed by atoms with Crippen LogP contribution in [0.15, 0.2) is 29.4 Å². The van der Waals surface area contributed by atoms with Crippen LogP contribution >= 0.6 is 0 Å². The van der Waals surface area contributed by atoms with E-state index >= 15 is 0 Å². The van der Waals surface area contributed by atoms with Crippen LogP contribution in [0.25, 0.3) is 10.9 Å². The molecule has 9 heteroatoms. The van der Waals surface area contributed by atoms with E-state index in [0.717, 1.165) is 80.0 Å². The first-order valence-corrected chi connectivity index (χ1v) is 12.0. The molecule has 0 saturated carbocycles. The van der Waals surface area contributed by atoms with Crippen molar-refractivity contribution in [3.8, 4) is 0 Å². The second kappa shape index (κ2) is 7.05. The van der Waals surface area contributed by atoms with Crippen molar-refractivity contribution in [2.75, 3.05) is 17.7 Å². The molecule has 29 heavy (non-hydrogen) atoms. The van der Waals surface area contributed by atoms with Gasteiger partial charge in [0.15, 0.2) is 15.7 Å². The fourth-order valence-electron chi connectivity index (χ4n) is 4.51. The predicted molar refractivity (Wildman–Crippen MR) is 110 cm³/mol. The molecule has 152 valence electrons. The maximum absolute atomic E-state index is 12.1. The quantitative estimate of drug-likeness (QED) is 0.653. The molecule has 1 atom stereocenters. The van der Waals surface area contributed by atoms with E-state index in [4.69, 9.17) is 0 Å². The number of aryl methyl sites for hydroxylation is 1. The third-order valence-corrected chi connectivity index (χ3v) is 7.09. The molecule has 1 saturated heterocycles. The molecule has 2 aliphatic rings. The van der Waals surface area contributed by atoms with Gasteiger partial charge in [-0.25, -0.2) is 18.4 Å². The summed E-state index contributed by atoms with van der Waals surface area (Å²) < 4.78 is 26.5. The number of hydrogen-bond acceptors (Lipinski definition) is 7. The molecule has 0 radical (unpaired) electrons. The minimum Gasteiger partial charge on any atom is -0.346 e. The van der Waals surface area contributed by atoms with Crippen LogP contribution in [0.5, 0.6) is 0 Å². The highest BCUT2D eigenvalue weighted by atomic mass is 32.2. The van der Waals surface area contributed by atoms with Crippen LogP contribution in [0.1, 0.15) is 49.8 Å². The van der Waals surface area contributed by atoms with Crippen molar-refractivity contribution in [2.24, 2.45) is 0 Å². The Labute approximate surface area is 169 Å². The summed E-state index contributed by atoms with van der Waals surface area (Å²) >= 11 is 0. The number of aromatic nitrogens is 5. The van der Waals surface area contributed by atoms with E-state index in [2.05, 4.69) is 29.6 Å². The minimum atomic E-state index is -3.31. The summed E-state index contributed by atoms with van der Waals surface area (Å²) in [6, 6.07) is 5.15. The Morgan fingerprint density at radius 1 is 1.03 bits per heavy atom. The molecule has 0 N–H and O–H groups in total. The Balaban J connectivity index is 1.63. The molecule has 1 unspecified atom stereocenters. The lowest BCUT2D eigenvalue weighted by Crippen LogP contribution is -2.36. The Bertz CT molecular complexity index is 1170. The Morgan fingerprint density at radius 2 is 1.90 bits per heavy atom. The molecule has 0 bridgehead atoms. The van der Waals surface area contributed by atoms with E-state index in [1.165, 1.54) is 6.26 Å². The Hall–Kier alpha value is -2.55. The summed E-state index contributed by atoms with van der Waals surface area (Å²) in [5.41, 5.74) is 0.745. The van der Waals surface area contributed by atoms with Gasteiger partial charge in [0.2, 0.25) is 0 Å². The van der Waals surface area contributed by atoms with Crippen molar-refractivity contribution < 1.29 is 8.42 Å². The zero-order valence-corrected chi connectivity index (χ0v) is 17.3. The van der Waals surface area contributed by atoms with E-state index in [0.29, 0.717) is 0 Å². The van der Waals surface area contributed by atoms with Crippen LogP contribution in [-0.4, -0.2) is 46.0 Å². The molecule has 3 aromatic rings.